The zero-order valence-electron chi connectivity index (χ0n) is 7.47. The van der Waals surface area contributed by atoms with Crippen LogP contribution >= 0.6 is 17.0 Å². The molecule has 2 heterocycles. The van der Waals surface area contributed by atoms with Crippen molar-refractivity contribution < 1.29 is 5.11 Å². The third kappa shape index (κ3) is 2.19. The van der Waals surface area contributed by atoms with Crippen molar-refractivity contribution in [2.24, 2.45) is 4.99 Å². The second kappa shape index (κ2) is 4.07. The molecular weight excluding hydrogens is 232 g/mol. The molecule has 1 unspecified atom stereocenters. The third-order valence-corrected chi connectivity index (χ3v) is 2.04. The smallest absolute Gasteiger partial charge is 0.127 e. The Kier molecular flexibility index (Phi) is 3.27. The molecule has 0 aromatic carbocycles. The molecule has 0 saturated heterocycles. The summed E-state index contributed by atoms with van der Waals surface area (Å²) in [6.45, 7) is 3.24. The van der Waals surface area contributed by atoms with E-state index in [4.69, 9.17) is 0 Å². The van der Waals surface area contributed by atoms with Crippen LogP contribution in [0, 0.1) is 0 Å². The van der Waals surface area contributed by atoms with E-state index in [0.717, 1.165) is 5.84 Å². The number of amidine groups is 1. The van der Waals surface area contributed by atoms with Gasteiger partial charge in [0.1, 0.15) is 5.84 Å². The minimum atomic E-state index is -0.315. The number of aliphatic hydroxyl groups excluding tert-OH is 1. The van der Waals surface area contributed by atoms with Gasteiger partial charge >= 0.3 is 0 Å². The molecule has 0 aliphatic carbocycles. The van der Waals surface area contributed by atoms with Crippen LogP contribution in [0.15, 0.2) is 28.9 Å². The van der Waals surface area contributed by atoms with Gasteiger partial charge < -0.3 is 10.0 Å². The van der Waals surface area contributed by atoms with Gasteiger partial charge in [-0.2, -0.15) is 0 Å². The highest BCUT2D eigenvalue weighted by molar-refractivity contribution is 8.93. The molecule has 2 aliphatic heterocycles. The molecule has 3 nitrogen and oxygen atoms in total. The van der Waals surface area contributed by atoms with E-state index in [1.54, 1.807) is 0 Å². The molecule has 2 rings (SSSR count). The standard InChI is InChI=1S/C9H12N2O.BrH/c1-7-2-3-11-6-8(12)5-10-9(11)4-7;/h2-4,8,12H,5-6H2,1H3;1H. The van der Waals surface area contributed by atoms with Crippen LogP contribution in [-0.2, 0) is 0 Å². The van der Waals surface area contributed by atoms with Crippen molar-refractivity contribution in [1.82, 2.24) is 4.90 Å². The summed E-state index contributed by atoms with van der Waals surface area (Å²) in [6, 6.07) is 0. The number of hydrogen-bond donors (Lipinski definition) is 1. The van der Waals surface area contributed by atoms with Crippen molar-refractivity contribution in [3.63, 3.8) is 0 Å². The van der Waals surface area contributed by atoms with Crippen molar-refractivity contribution in [3.05, 3.63) is 23.9 Å². The summed E-state index contributed by atoms with van der Waals surface area (Å²) < 4.78 is 0. The lowest BCUT2D eigenvalue weighted by Crippen LogP contribution is -2.39. The van der Waals surface area contributed by atoms with Crippen LogP contribution in [0.2, 0.25) is 0 Å². The van der Waals surface area contributed by atoms with Gasteiger partial charge in [0.15, 0.2) is 0 Å². The first-order chi connectivity index (χ1) is 5.75. The van der Waals surface area contributed by atoms with E-state index in [-0.39, 0.29) is 23.1 Å². The maximum atomic E-state index is 9.31. The fourth-order valence-electron chi connectivity index (χ4n) is 1.39. The molecule has 0 aromatic rings. The minimum Gasteiger partial charge on any atom is -0.389 e. The monoisotopic (exact) mass is 244 g/mol. The van der Waals surface area contributed by atoms with Gasteiger partial charge in [0.2, 0.25) is 0 Å². The molecule has 1 N–H and O–H groups in total. The van der Waals surface area contributed by atoms with Crippen LogP contribution < -0.4 is 0 Å². The van der Waals surface area contributed by atoms with Crippen molar-refractivity contribution >= 4 is 22.8 Å². The lowest BCUT2D eigenvalue weighted by atomic mass is 10.1. The molecule has 13 heavy (non-hydrogen) atoms. The van der Waals surface area contributed by atoms with Crippen LogP contribution in [0.1, 0.15) is 6.92 Å². The second-order valence-corrected chi connectivity index (χ2v) is 3.21. The van der Waals surface area contributed by atoms with E-state index >= 15 is 0 Å². The Bertz CT molecular complexity index is 283. The number of allylic oxidation sites excluding steroid dienone is 2. The zero-order valence-corrected chi connectivity index (χ0v) is 9.19. The molecule has 2 aliphatic rings. The molecule has 0 amide bonds. The van der Waals surface area contributed by atoms with Crippen molar-refractivity contribution in [2.75, 3.05) is 13.1 Å². The van der Waals surface area contributed by atoms with E-state index in [9.17, 15) is 5.11 Å². The predicted octanol–water partition coefficient (Wildman–Crippen LogP) is 1.11. The fraction of sp³-hybridized carbons (Fsp3) is 0.444. The Balaban J connectivity index is 0.000000845. The van der Waals surface area contributed by atoms with E-state index in [1.165, 1.54) is 5.57 Å². The molecule has 0 aromatic heterocycles. The Morgan fingerprint density at radius 1 is 1.62 bits per heavy atom. The Morgan fingerprint density at radius 3 is 3.15 bits per heavy atom. The lowest BCUT2D eigenvalue weighted by Gasteiger charge is -2.29. The first-order valence-corrected chi connectivity index (χ1v) is 4.11. The number of halogens is 1. The molecule has 1 atom stereocenters. The second-order valence-electron chi connectivity index (χ2n) is 3.21. The number of aliphatic imine (C=N–C) groups is 1. The summed E-state index contributed by atoms with van der Waals surface area (Å²) in [6.07, 6.45) is 5.71. The molecule has 0 saturated carbocycles. The summed E-state index contributed by atoms with van der Waals surface area (Å²) in [5, 5.41) is 9.31. The number of aliphatic hydroxyl groups is 1. The lowest BCUT2D eigenvalue weighted by molar-refractivity contribution is 0.154. The summed E-state index contributed by atoms with van der Waals surface area (Å²) in [7, 11) is 0. The number of hydrogen-bond acceptors (Lipinski definition) is 3. The minimum absolute atomic E-state index is 0. The van der Waals surface area contributed by atoms with Gasteiger partial charge in [0.05, 0.1) is 19.2 Å². The van der Waals surface area contributed by atoms with E-state index in [2.05, 4.69) is 4.99 Å². The van der Waals surface area contributed by atoms with Crippen molar-refractivity contribution in [3.8, 4) is 0 Å². The summed E-state index contributed by atoms with van der Waals surface area (Å²) in [5.41, 5.74) is 1.21. The number of rotatable bonds is 0. The van der Waals surface area contributed by atoms with Gasteiger partial charge in [-0.15, -0.1) is 17.0 Å². The maximum absolute atomic E-state index is 9.31. The Morgan fingerprint density at radius 2 is 2.38 bits per heavy atom. The number of nitrogens with zero attached hydrogens (tertiary/aromatic N) is 2. The van der Waals surface area contributed by atoms with Crippen LogP contribution in [0.4, 0.5) is 0 Å². The predicted molar refractivity (Wildman–Crippen MR) is 58.2 cm³/mol. The topological polar surface area (TPSA) is 35.8 Å². The highest BCUT2D eigenvalue weighted by Gasteiger charge is 2.19. The molecule has 0 fully saturated rings. The van der Waals surface area contributed by atoms with Gasteiger partial charge in [0.25, 0.3) is 0 Å². The normalized spacial score (nSPS) is 25.7. The van der Waals surface area contributed by atoms with Gasteiger partial charge in [-0.1, -0.05) is 0 Å². The highest BCUT2D eigenvalue weighted by Crippen LogP contribution is 2.12. The number of fused-ring (bicyclic) bond motifs is 1. The zero-order chi connectivity index (χ0) is 8.55. The average Bonchev–Trinajstić information content (AvgIpc) is 2.05. The maximum Gasteiger partial charge on any atom is 0.127 e. The average molecular weight is 245 g/mol. The molecular formula is C9H13BrN2O. The summed E-state index contributed by atoms with van der Waals surface area (Å²) in [5.74, 6) is 0.973. The van der Waals surface area contributed by atoms with Gasteiger partial charge in [0, 0.05) is 6.20 Å². The first kappa shape index (κ1) is 10.5. The summed E-state index contributed by atoms with van der Waals surface area (Å²) >= 11 is 0. The third-order valence-electron chi connectivity index (χ3n) is 2.04. The van der Waals surface area contributed by atoms with Crippen molar-refractivity contribution in [1.29, 1.82) is 0 Å². The quantitative estimate of drug-likeness (QED) is 0.694. The van der Waals surface area contributed by atoms with Crippen molar-refractivity contribution in [2.45, 2.75) is 13.0 Å². The fourth-order valence-corrected chi connectivity index (χ4v) is 1.39. The molecule has 4 heteroatoms. The van der Waals surface area contributed by atoms with E-state index < -0.39 is 0 Å². The molecule has 72 valence electrons. The first-order valence-electron chi connectivity index (χ1n) is 4.11. The Labute approximate surface area is 88.2 Å². The molecule has 0 bridgehead atoms. The molecule has 0 spiro atoms. The molecule has 0 radical (unpaired) electrons. The van der Waals surface area contributed by atoms with Crippen LogP contribution in [0.25, 0.3) is 0 Å². The van der Waals surface area contributed by atoms with Gasteiger partial charge in [-0.3, -0.25) is 4.99 Å². The van der Waals surface area contributed by atoms with E-state index in [0.29, 0.717) is 13.1 Å². The van der Waals surface area contributed by atoms with Gasteiger partial charge in [-0.05, 0) is 24.6 Å². The highest BCUT2D eigenvalue weighted by atomic mass is 79.9. The van der Waals surface area contributed by atoms with Crippen LogP contribution in [-0.4, -0.2) is 35.0 Å². The van der Waals surface area contributed by atoms with Gasteiger partial charge in [-0.25, -0.2) is 0 Å². The Hall–Kier alpha value is -0.610. The van der Waals surface area contributed by atoms with E-state index in [1.807, 2.05) is 30.2 Å². The van der Waals surface area contributed by atoms with Crippen LogP contribution in [0.5, 0.6) is 0 Å². The van der Waals surface area contributed by atoms with Crippen LogP contribution in [0.3, 0.4) is 0 Å². The summed E-state index contributed by atoms with van der Waals surface area (Å²) in [4.78, 5) is 6.22. The largest absolute Gasteiger partial charge is 0.389 e. The SMILES string of the molecule is Br.CC1=CC2=NCC(O)CN2C=C1.